The molecule has 17 heavy (non-hydrogen) atoms. The van der Waals surface area contributed by atoms with E-state index in [2.05, 4.69) is 10.2 Å². The van der Waals surface area contributed by atoms with Crippen molar-refractivity contribution >= 4 is 23.2 Å². The molecule has 0 atom stereocenters. The Kier molecular flexibility index (Phi) is 4.51. The number of piperazine rings is 1. The molecule has 0 aliphatic carbocycles. The predicted octanol–water partition coefficient (Wildman–Crippen LogP) is 2.41. The molecule has 0 spiro atoms. The van der Waals surface area contributed by atoms with Gasteiger partial charge < -0.3 is 10.1 Å². The van der Waals surface area contributed by atoms with Gasteiger partial charge in [0.1, 0.15) is 5.75 Å². The Balaban J connectivity index is 2.18. The lowest BCUT2D eigenvalue weighted by atomic mass is 10.1. The van der Waals surface area contributed by atoms with Crippen molar-refractivity contribution in [2.24, 2.45) is 0 Å². The fourth-order valence-electron chi connectivity index (χ4n) is 2.07. The summed E-state index contributed by atoms with van der Waals surface area (Å²) in [6, 6.07) is 3.64. The van der Waals surface area contributed by atoms with Crippen LogP contribution in [-0.2, 0) is 6.54 Å². The quantitative estimate of drug-likeness (QED) is 0.916. The number of methoxy groups -OCH3 is 1. The monoisotopic (exact) mass is 274 g/mol. The van der Waals surface area contributed by atoms with E-state index < -0.39 is 0 Å². The molecule has 1 aliphatic rings. The first-order valence-electron chi connectivity index (χ1n) is 5.65. The van der Waals surface area contributed by atoms with Crippen LogP contribution in [0.5, 0.6) is 5.75 Å². The minimum absolute atomic E-state index is 0.574. The normalized spacial score (nSPS) is 17.1. The number of nitrogens with zero attached hydrogens (tertiary/aromatic N) is 1. The van der Waals surface area contributed by atoms with Crippen molar-refractivity contribution in [2.45, 2.75) is 6.54 Å². The Morgan fingerprint density at radius 1 is 1.29 bits per heavy atom. The first-order chi connectivity index (χ1) is 8.20. The highest BCUT2D eigenvalue weighted by Crippen LogP contribution is 2.32. The molecule has 1 aliphatic heterocycles. The molecule has 0 radical (unpaired) electrons. The van der Waals surface area contributed by atoms with Crippen molar-refractivity contribution in [1.29, 1.82) is 0 Å². The van der Waals surface area contributed by atoms with Crippen LogP contribution in [0.2, 0.25) is 10.0 Å². The van der Waals surface area contributed by atoms with Crippen LogP contribution in [0, 0.1) is 0 Å². The number of hydrogen-bond donors (Lipinski definition) is 1. The van der Waals surface area contributed by atoms with Gasteiger partial charge in [-0.2, -0.15) is 0 Å². The number of nitrogens with one attached hydrogen (secondary N) is 1. The fourth-order valence-corrected chi connectivity index (χ4v) is 2.68. The molecular weight excluding hydrogens is 259 g/mol. The molecule has 0 unspecified atom stereocenters. The van der Waals surface area contributed by atoms with Gasteiger partial charge in [0.2, 0.25) is 0 Å². The number of halogens is 2. The Labute approximate surface area is 112 Å². The molecule has 1 saturated heterocycles. The zero-order valence-corrected chi connectivity index (χ0v) is 11.3. The average molecular weight is 275 g/mol. The van der Waals surface area contributed by atoms with Crippen molar-refractivity contribution in [2.75, 3.05) is 33.3 Å². The number of hydrogen-bond acceptors (Lipinski definition) is 3. The lowest BCUT2D eigenvalue weighted by Crippen LogP contribution is -2.42. The van der Waals surface area contributed by atoms with Gasteiger partial charge in [-0.05, 0) is 12.1 Å². The van der Waals surface area contributed by atoms with E-state index in [1.165, 1.54) is 0 Å². The maximum atomic E-state index is 6.11. The highest BCUT2D eigenvalue weighted by molar-refractivity contribution is 6.35. The molecular formula is C12H16Cl2N2O. The van der Waals surface area contributed by atoms with Crippen LogP contribution in [-0.4, -0.2) is 38.2 Å². The molecule has 3 nitrogen and oxygen atoms in total. The third-order valence-corrected chi connectivity index (χ3v) is 3.39. The van der Waals surface area contributed by atoms with E-state index in [1.54, 1.807) is 13.2 Å². The molecule has 1 aromatic rings. The van der Waals surface area contributed by atoms with Crippen molar-refractivity contribution in [1.82, 2.24) is 10.2 Å². The summed E-state index contributed by atoms with van der Waals surface area (Å²) in [4.78, 5) is 2.36. The van der Waals surface area contributed by atoms with Crippen molar-refractivity contribution < 1.29 is 4.74 Å². The van der Waals surface area contributed by atoms with Gasteiger partial charge in [0.25, 0.3) is 0 Å². The summed E-state index contributed by atoms with van der Waals surface area (Å²) in [5, 5.41) is 4.55. The summed E-state index contributed by atoms with van der Waals surface area (Å²) in [5.74, 6) is 0.731. The maximum absolute atomic E-state index is 6.11. The summed E-state index contributed by atoms with van der Waals surface area (Å²) in [6.07, 6.45) is 0. The summed E-state index contributed by atoms with van der Waals surface area (Å²) in [7, 11) is 1.64. The van der Waals surface area contributed by atoms with Crippen LogP contribution < -0.4 is 10.1 Å². The van der Waals surface area contributed by atoms with Gasteiger partial charge in [-0.15, -0.1) is 0 Å². The molecule has 0 bridgehead atoms. The molecule has 94 valence electrons. The van der Waals surface area contributed by atoms with Crippen molar-refractivity contribution in [3.05, 3.63) is 27.7 Å². The average Bonchev–Trinajstić information content (AvgIpc) is 2.30. The zero-order valence-electron chi connectivity index (χ0n) is 9.80. The van der Waals surface area contributed by atoms with E-state index in [-0.39, 0.29) is 0 Å². The van der Waals surface area contributed by atoms with E-state index in [0.29, 0.717) is 10.0 Å². The second kappa shape index (κ2) is 5.91. The molecule has 1 heterocycles. The Morgan fingerprint density at radius 2 is 2.00 bits per heavy atom. The number of ether oxygens (including phenoxy) is 1. The second-order valence-electron chi connectivity index (χ2n) is 4.11. The summed E-state index contributed by atoms with van der Waals surface area (Å²) < 4.78 is 5.34. The van der Waals surface area contributed by atoms with Crippen LogP contribution >= 0.6 is 23.2 Å². The van der Waals surface area contributed by atoms with Gasteiger partial charge in [-0.3, -0.25) is 4.90 Å². The smallest absolute Gasteiger partial charge is 0.142 e. The van der Waals surface area contributed by atoms with Crippen LogP contribution in [0.3, 0.4) is 0 Å². The SMILES string of the molecule is COc1c(Cl)cc(Cl)cc1CN1CCNCC1. The third-order valence-electron chi connectivity index (χ3n) is 2.89. The van der Waals surface area contributed by atoms with E-state index in [0.717, 1.165) is 44.0 Å². The van der Waals surface area contributed by atoms with Crippen LogP contribution in [0.4, 0.5) is 0 Å². The van der Waals surface area contributed by atoms with Crippen LogP contribution in [0.15, 0.2) is 12.1 Å². The Hall–Kier alpha value is -0.480. The second-order valence-corrected chi connectivity index (χ2v) is 4.95. The molecule has 1 N–H and O–H groups in total. The zero-order chi connectivity index (χ0) is 12.3. The first kappa shape index (κ1) is 13.0. The van der Waals surface area contributed by atoms with Crippen LogP contribution in [0.25, 0.3) is 0 Å². The van der Waals surface area contributed by atoms with Crippen molar-refractivity contribution in [3.8, 4) is 5.75 Å². The lowest BCUT2D eigenvalue weighted by molar-refractivity contribution is 0.230. The molecule has 2 rings (SSSR count). The Morgan fingerprint density at radius 3 is 2.65 bits per heavy atom. The summed E-state index contributed by atoms with van der Waals surface area (Å²) in [5.41, 5.74) is 1.05. The van der Waals surface area contributed by atoms with Gasteiger partial charge in [0, 0.05) is 43.3 Å². The molecule has 1 aromatic carbocycles. The van der Waals surface area contributed by atoms with Gasteiger partial charge in [-0.1, -0.05) is 23.2 Å². The minimum atomic E-state index is 0.574. The van der Waals surface area contributed by atoms with E-state index in [1.807, 2.05) is 6.07 Å². The highest BCUT2D eigenvalue weighted by Gasteiger charge is 2.15. The van der Waals surface area contributed by atoms with Gasteiger partial charge in [0.15, 0.2) is 0 Å². The number of rotatable bonds is 3. The predicted molar refractivity (Wildman–Crippen MR) is 71.2 cm³/mol. The van der Waals surface area contributed by atoms with Gasteiger partial charge in [-0.25, -0.2) is 0 Å². The fraction of sp³-hybridized carbons (Fsp3) is 0.500. The minimum Gasteiger partial charge on any atom is -0.495 e. The third kappa shape index (κ3) is 3.26. The maximum Gasteiger partial charge on any atom is 0.142 e. The van der Waals surface area contributed by atoms with Crippen molar-refractivity contribution in [3.63, 3.8) is 0 Å². The molecule has 0 amide bonds. The lowest BCUT2D eigenvalue weighted by Gasteiger charge is -2.27. The molecule has 0 saturated carbocycles. The molecule has 1 fully saturated rings. The van der Waals surface area contributed by atoms with E-state index in [4.69, 9.17) is 27.9 Å². The van der Waals surface area contributed by atoms with Gasteiger partial charge in [0.05, 0.1) is 12.1 Å². The van der Waals surface area contributed by atoms with E-state index in [9.17, 15) is 0 Å². The van der Waals surface area contributed by atoms with E-state index >= 15 is 0 Å². The number of benzene rings is 1. The largest absolute Gasteiger partial charge is 0.495 e. The van der Waals surface area contributed by atoms with Gasteiger partial charge >= 0.3 is 0 Å². The van der Waals surface area contributed by atoms with Crippen LogP contribution in [0.1, 0.15) is 5.56 Å². The topological polar surface area (TPSA) is 24.5 Å². The Bertz CT molecular complexity index is 392. The first-order valence-corrected chi connectivity index (χ1v) is 6.41. The molecule has 0 aromatic heterocycles. The summed E-state index contributed by atoms with van der Waals surface area (Å²) >= 11 is 12.1. The standard InChI is InChI=1S/C12H16Cl2N2O/c1-17-12-9(6-10(13)7-11(12)14)8-16-4-2-15-3-5-16/h6-7,15H,2-5,8H2,1H3. The molecule has 5 heteroatoms. The highest BCUT2D eigenvalue weighted by atomic mass is 35.5. The summed E-state index contributed by atoms with van der Waals surface area (Å²) in [6.45, 7) is 4.94.